The molecule has 0 saturated carbocycles. The van der Waals surface area contributed by atoms with Gasteiger partial charge in [0.1, 0.15) is 6.04 Å². The molecule has 0 aromatic heterocycles. The van der Waals surface area contributed by atoms with Crippen LogP contribution in [0.1, 0.15) is 52.0 Å². The number of likely N-dealkylation sites (tertiary alicyclic amines) is 1. The molecule has 0 aliphatic carbocycles. The maximum Gasteiger partial charge on any atom is 0.257 e. The van der Waals surface area contributed by atoms with Crippen molar-refractivity contribution in [3.8, 4) is 0 Å². The number of imide groups is 1. The van der Waals surface area contributed by atoms with Crippen LogP contribution in [0.15, 0.2) is 54.6 Å². The molecule has 0 radical (unpaired) electrons. The lowest BCUT2D eigenvalue weighted by Crippen LogP contribution is -2.54. The number of hydrogen-bond acceptors (Lipinski definition) is 4. The van der Waals surface area contributed by atoms with Gasteiger partial charge in [-0.1, -0.05) is 62.7 Å². The summed E-state index contributed by atoms with van der Waals surface area (Å²) in [5.74, 6) is -0.660. The number of piperidine rings is 1. The van der Waals surface area contributed by atoms with Crippen LogP contribution in [0.2, 0.25) is 5.02 Å². The van der Waals surface area contributed by atoms with E-state index < -0.39 is 6.04 Å². The van der Waals surface area contributed by atoms with E-state index in [0.29, 0.717) is 17.1 Å². The number of anilines is 1. The smallest absolute Gasteiger partial charge is 0.257 e. The zero-order valence-corrected chi connectivity index (χ0v) is 21.5. The van der Waals surface area contributed by atoms with Gasteiger partial charge in [-0.15, -0.1) is 0 Å². The number of halogens is 1. The van der Waals surface area contributed by atoms with E-state index in [9.17, 15) is 14.4 Å². The summed E-state index contributed by atoms with van der Waals surface area (Å²) in [4.78, 5) is 45.4. The topological polar surface area (TPSA) is 60.9 Å². The summed E-state index contributed by atoms with van der Waals surface area (Å²) in [5, 5.41) is 0.536. The normalized spacial score (nSPS) is 19.9. The van der Waals surface area contributed by atoms with E-state index in [1.165, 1.54) is 10.5 Å². The Morgan fingerprint density at radius 1 is 1.00 bits per heavy atom. The zero-order chi connectivity index (χ0) is 25.2. The van der Waals surface area contributed by atoms with E-state index in [4.69, 9.17) is 11.6 Å². The van der Waals surface area contributed by atoms with Crippen molar-refractivity contribution < 1.29 is 14.4 Å². The number of amides is 3. The highest BCUT2D eigenvalue weighted by atomic mass is 35.5. The van der Waals surface area contributed by atoms with Crippen molar-refractivity contribution in [2.24, 2.45) is 5.41 Å². The second-order valence-corrected chi connectivity index (χ2v) is 11.2. The second kappa shape index (κ2) is 10.5. The molecule has 7 heteroatoms. The SMILES string of the molecule is CC(C)(C)CC(=O)N(C1CCN(Cc2ccccc2)CC1)C1CC(=O)N(c2ccc(Cl)cc2)C1=O. The van der Waals surface area contributed by atoms with Crippen molar-refractivity contribution in [2.75, 3.05) is 18.0 Å². The maximum absolute atomic E-state index is 13.6. The van der Waals surface area contributed by atoms with Crippen molar-refractivity contribution >= 4 is 35.0 Å². The molecule has 1 atom stereocenters. The van der Waals surface area contributed by atoms with Gasteiger partial charge in [-0.25, -0.2) is 4.90 Å². The number of carbonyl (C=O) groups excluding carboxylic acids is 3. The van der Waals surface area contributed by atoms with Crippen LogP contribution in [-0.2, 0) is 20.9 Å². The number of hydrogen-bond donors (Lipinski definition) is 0. The summed E-state index contributed by atoms with van der Waals surface area (Å²) in [6.07, 6.45) is 1.90. The first-order chi connectivity index (χ1) is 16.6. The lowest BCUT2D eigenvalue weighted by Gasteiger charge is -2.41. The third-order valence-electron chi connectivity index (χ3n) is 6.71. The summed E-state index contributed by atoms with van der Waals surface area (Å²) in [5.41, 5.74) is 1.54. The first-order valence-corrected chi connectivity index (χ1v) is 12.7. The van der Waals surface area contributed by atoms with E-state index in [2.05, 4.69) is 17.0 Å². The van der Waals surface area contributed by atoms with Crippen LogP contribution >= 0.6 is 11.6 Å². The Morgan fingerprint density at radius 2 is 1.63 bits per heavy atom. The van der Waals surface area contributed by atoms with Crippen molar-refractivity contribution in [1.82, 2.24) is 9.80 Å². The Kier molecular flexibility index (Phi) is 7.62. The molecule has 2 heterocycles. The fourth-order valence-corrected chi connectivity index (χ4v) is 5.19. The molecule has 0 spiro atoms. The average molecular weight is 496 g/mol. The van der Waals surface area contributed by atoms with E-state index in [1.807, 2.05) is 39.0 Å². The summed E-state index contributed by atoms with van der Waals surface area (Å²) in [6, 6.07) is 16.2. The standard InChI is InChI=1S/C28H34ClN3O3/c1-28(2,3)18-26(34)31(23-13-15-30(16-14-23)19-20-7-5-4-6-8-20)24-17-25(33)32(27(24)35)22-11-9-21(29)10-12-22/h4-12,23-24H,13-19H2,1-3H3. The molecule has 35 heavy (non-hydrogen) atoms. The van der Waals surface area contributed by atoms with Gasteiger partial charge in [0.05, 0.1) is 12.1 Å². The zero-order valence-electron chi connectivity index (χ0n) is 20.7. The summed E-state index contributed by atoms with van der Waals surface area (Å²) >= 11 is 5.99. The summed E-state index contributed by atoms with van der Waals surface area (Å²) in [6.45, 7) is 8.62. The van der Waals surface area contributed by atoms with Crippen molar-refractivity contribution in [3.05, 3.63) is 65.2 Å². The highest BCUT2D eigenvalue weighted by Crippen LogP contribution is 2.32. The first kappa shape index (κ1) is 25.4. The molecule has 1 unspecified atom stereocenters. The second-order valence-electron chi connectivity index (χ2n) is 10.8. The quantitative estimate of drug-likeness (QED) is 0.535. The van der Waals surface area contributed by atoms with E-state index >= 15 is 0 Å². The minimum Gasteiger partial charge on any atom is -0.327 e. The molecule has 2 aromatic carbocycles. The Hall–Kier alpha value is -2.70. The average Bonchev–Trinajstić information content (AvgIpc) is 3.09. The van der Waals surface area contributed by atoms with Crippen LogP contribution < -0.4 is 4.90 Å². The van der Waals surface area contributed by atoms with Gasteiger partial charge in [0.2, 0.25) is 11.8 Å². The molecular weight excluding hydrogens is 462 g/mol. The minimum atomic E-state index is -0.765. The molecule has 2 fully saturated rings. The molecule has 6 nitrogen and oxygen atoms in total. The van der Waals surface area contributed by atoms with Gasteiger partial charge < -0.3 is 4.90 Å². The first-order valence-electron chi connectivity index (χ1n) is 12.3. The Balaban J connectivity index is 1.52. The van der Waals surface area contributed by atoms with Gasteiger partial charge in [-0.3, -0.25) is 19.3 Å². The van der Waals surface area contributed by atoms with Gasteiger partial charge >= 0.3 is 0 Å². The van der Waals surface area contributed by atoms with Crippen molar-refractivity contribution in [1.29, 1.82) is 0 Å². The summed E-state index contributed by atoms with van der Waals surface area (Å²) < 4.78 is 0. The number of carbonyl (C=O) groups is 3. The summed E-state index contributed by atoms with van der Waals surface area (Å²) in [7, 11) is 0. The molecule has 0 N–H and O–H groups in total. The highest BCUT2D eigenvalue weighted by molar-refractivity contribution is 6.30. The molecular formula is C28H34ClN3O3. The molecule has 2 aliphatic heterocycles. The van der Waals surface area contributed by atoms with E-state index in [0.717, 1.165) is 32.5 Å². The molecule has 2 aromatic rings. The molecule has 2 saturated heterocycles. The van der Waals surface area contributed by atoms with Crippen LogP contribution in [0.3, 0.4) is 0 Å². The molecule has 4 rings (SSSR count). The third kappa shape index (κ3) is 6.11. The lowest BCUT2D eigenvalue weighted by atomic mass is 9.90. The van der Waals surface area contributed by atoms with Crippen LogP contribution in [0.5, 0.6) is 0 Å². The van der Waals surface area contributed by atoms with E-state index in [-0.39, 0.29) is 35.6 Å². The molecule has 186 valence electrons. The van der Waals surface area contributed by atoms with Crippen molar-refractivity contribution in [3.63, 3.8) is 0 Å². The van der Waals surface area contributed by atoms with Crippen LogP contribution in [0.25, 0.3) is 0 Å². The minimum absolute atomic E-state index is 0.0154. The lowest BCUT2D eigenvalue weighted by molar-refractivity contribution is -0.143. The van der Waals surface area contributed by atoms with Crippen LogP contribution in [0.4, 0.5) is 5.69 Å². The predicted octanol–water partition coefficient (Wildman–Crippen LogP) is 4.90. The Morgan fingerprint density at radius 3 is 2.23 bits per heavy atom. The van der Waals surface area contributed by atoms with Gasteiger partial charge in [0, 0.05) is 37.1 Å². The number of benzene rings is 2. The molecule has 3 amide bonds. The van der Waals surface area contributed by atoms with Crippen LogP contribution in [-0.4, -0.2) is 52.7 Å². The van der Waals surface area contributed by atoms with Gasteiger partial charge in [0.15, 0.2) is 0 Å². The maximum atomic E-state index is 13.6. The third-order valence-corrected chi connectivity index (χ3v) is 6.96. The molecule has 0 bridgehead atoms. The monoisotopic (exact) mass is 495 g/mol. The molecule has 2 aliphatic rings. The van der Waals surface area contributed by atoms with Crippen LogP contribution in [0, 0.1) is 5.41 Å². The van der Waals surface area contributed by atoms with Gasteiger partial charge in [-0.2, -0.15) is 0 Å². The van der Waals surface area contributed by atoms with Gasteiger partial charge in [0.25, 0.3) is 5.91 Å². The fraction of sp³-hybridized carbons (Fsp3) is 0.464. The van der Waals surface area contributed by atoms with Gasteiger partial charge in [-0.05, 0) is 48.1 Å². The number of nitrogens with zero attached hydrogens (tertiary/aromatic N) is 3. The Bertz CT molecular complexity index is 1060. The number of rotatable bonds is 6. The largest absolute Gasteiger partial charge is 0.327 e. The fourth-order valence-electron chi connectivity index (χ4n) is 5.07. The Labute approximate surface area is 212 Å². The predicted molar refractivity (Wildman–Crippen MR) is 138 cm³/mol. The highest BCUT2D eigenvalue weighted by Gasteiger charge is 2.47. The van der Waals surface area contributed by atoms with Crippen molar-refractivity contribution in [2.45, 2.75) is 65.1 Å². The van der Waals surface area contributed by atoms with E-state index in [1.54, 1.807) is 29.2 Å².